The molecule has 4 nitrogen and oxygen atoms in total. The Bertz CT molecular complexity index is 584. The maximum atomic E-state index is 5.23. The number of hydrogen-bond acceptors (Lipinski definition) is 5. The number of benzene rings is 1. The summed E-state index contributed by atoms with van der Waals surface area (Å²) in [7, 11) is 1.67. The van der Waals surface area contributed by atoms with Crippen molar-refractivity contribution in [2.24, 2.45) is 0 Å². The van der Waals surface area contributed by atoms with E-state index in [1.165, 1.54) is 4.88 Å². The average molecular weight is 370 g/mol. The fourth-order valence-electron chi connectivity index (χ4n) is 1.98. The average Bonchev–Trinajstić information content (AvgIpc) is 2.95. The second kappa shape index (κ2) is 7.66. The summed E-state index contributed by atoms with van der Waals surface area (Å²) in [6.45, 7) is 7.05. The topological polar surface area (TPSA) is 37.4 Å². The smallest absolute Gasteiger partial charge is 0.185 e. The fraction of sp³-hybridized carbons (Fsp3) is 0.400. The van der Waals surface area contributed by atoms with Crippen molar-refractivity contribution in [1.29, 1.82) is 0 Å². The van der Waals surface area contributed by atoms with Crippen LogP contribution < -0.4 is 15.0 Å². The van der Waals surface area contributed by atoms with Crippen molar-refractivity contribution in [1.82, 2.24) is 4.98 Å². The molecule has 0 radical (unpaired) electrons. The van der Waals surface area contributed by atoms with Gasteiger partial charge in [0.2, 0.25) is 0 Å². The second-order valence-corrected chi connectivity index (χ2v) is 6.43. The zero-order valence-corrected chi connectivity index (χ0v) is 14.9. The van der Waals surface area contributed by atoms with E-state index in [2.05, 4.69) is 45.0 Å². The van der Waals surface area contributed by atoms with Gasteiger partial charge in [0, 0.05) is 29.9 Å². The molecule has 1 aromatic carbocycles. The molecule has 114 valence electrons. The summed E-state index contributed by atoms with van der Waals surface area (Å²) in [6, 6.07) is 5.97. The number of halogens is 1. The van der Waals surface area contributed by atoms with Gasteiger partial charge in [-0.15, -0.1) is 11.3 Å². The van der Waals surface area contributed by atoms with Gasteiger partial charge in [0.1, 0.15) is 5.75 Å². The van der Waals surface area contributed by atoms with Gasteiger partial charge in [-0.3, -0.25) is 0 Å². The maximum absolute atomic E-state index is 5.23. The van der Waals surface area contributed by atoms with E-state index in [-0.39, 0.29) is 0 Å². The molecule has 0 atom stereocenters. The molecule has 0 bridgehead atoms. The summed E-state index contributed by atoms with van der Waals surface area (Å²) in [5.41, 5.74) is 1.06. The highest BCUT2D eigenvalue weighted by Crippen LogP contribution is 2.28. The summed E-state index contributed by atoms with van der Waals surface area (Å²) in [4.78, 5) is 7.98. The Morgan fingerprint density at radius 1 is 1.33 bits per heavy atom. The first-order valence-electron chi connectivity index (χ1n) is 6.95. The Balaban J connectivity index is 1.98. The molecule has 0 saturated carbocycles. The number of nitrogens with zero attached hydrogens (tertiary/aromatic N) is 2. The number of anilines is 2. The SMILES string of the molecule is CCN(CC)c1ncc(CNc2ccc(OC)c(Br)c2)s1. The second-order valence-electron chi connectivity index (χ2n) is 4.48. The molecule has 0 spiro atoms. The summed E-state index contributed by atoms with van der Waals surface area (Å²) < 4.78 is 6.18. The third-order valence-electron chi connectivity index (χ3n) is 3.19. The van der Waals surface area contributed by atoms with Crippen LogP contribution in [0.4, 0.5) is 10.8 Å². The number of hydrogen-bond donors (Lipinski definition) is 1. The van der Waals surface area contributed by atoms with Crippen LogP contribution in [-0.4, -0.2) is 25.2 Å². The Kier molecular flexibility index (Phi) is 5.87. The molecule has 1 heterocycles. The lowest BCUT2D eigenvalue weighted by Gasteiger charge is -2.16. The summed E-state index contributed by atoms with van der Waals surface area (Å²) in [5.74, 6) is 0.835. The number of rotatable bonds is 7. The van der Waals surface area contributed by atoms with Gasteiger partial charge in [0.25, 0.3) is 0 Å². The van der Waals surface area contributed by atoms with Crippen LogP contribution in [0.3, 0.4) is 0 Å². The van der Waals surface area contributed by atoms with E-state index in [1.54, 1.807) is 18.4 Å². The lowest BCUT2D eigenvalue weighted by molar-refractivity contribution is 0.412. The number of methoxy groups -OCH3 is 1. The molecule has 2 rings (SSSR count). The van der Waals surface area contributed by atoms with Crippen molar-refractivity contribution < 1.29 is 4.74 Å². The Labute approximate surface area is 138 Å². The van der Waals surface area contributed by atoms with E-state index in [1.807, 2.05) is 24.4 Å². The van der Waals surface area contributed by atoms with Crippen molar-refractivity contribution in [3.63, 3.8) is 0 Å². The minimum Gasteiger partial charge on any atom is -0.496 e. The summed E-state index contributed by atoms with van der Waals surface area (Å²) in [6.07, 6.45) is 1.95. The lowest BCUT2D eigenvalue weighted by atomic mass is 10.3. The van der Waals surface area contributed by atoms with Gasteiger partial charge in [-0.2, -0.15) is 0 Å². The summed E-state index contributed by atoms with van der Waals surface area (Å²) in [5, 5.41) is 4.50. The van der Waals surface area contributed by atoms with Crippen molar-refractivity contribution in [2.75, 3.05) is 30.4 Å². The molecular formula is C15H20BrN3OS. The van der Waals surface area contributed by atoms with Gasteiger partial charge in [0.15, 0.2) is 5.13 Å². The highest BCUT2D eigenvalue weighted by atomic mass is 79.9. The molecular weight excluding hydrogens is 350 g/mol. The van der Waals surface area contributed by atoms with Crippen LogP contribution in [0.1, 0.15) is 18.7 Å². The molecule has 0 fully saturated rings. The first-order valence-corrected chi connectivity index (χ1v) is 8.55. The number of nitrogens with one attached hydrogen (secondary N) is 1. The minimum absolute atomic E-state index is 0.776. The van der Waals surface area contributed by atoms with Gasteiger partial charge in [-0.1, -0.05) is 0 Å². The van der Waals surface area contributed by atoms with Gasteiger partial charge in [-0.05, 0) is 48.0 Å². The molecule has 0 aliphatic carbocycles. The predicted molar refractivity (Wildman–Crippen MR) is 93.7 cm³/mol. The van der Waals surface area contributed by atoms with Crippen molar-refractivity contribution in [2.45, 2.75) is 20.4 Å². The zero-order chi connectivity index (χ0) is 15.2. The van der Waals surface area contributed by atoms with Crippen LogP contribution in [-0.2, 0) is 6.54 Å². The van der Waals surface area contributed by atoms with E-state index in [0.717, 1.165) is 40.7 Å². The van der Waals surface area contributed by atoms with Crippen LogP contribution in [0.5, 0.6) is 5.75 Å². The van der Waals surface area contributed by atoms with Crippen molar-refractivity contribution in [3.8, 4) is 5.75 Å². The maximum Gasteiger partial charge on any atom is 0.185 e. The quantitative estimate of drug-likeness (QED) is 0.785. The largest absolute Gasteiger partial charge is 0.496 e. The predicted octanol–water partition coefficient (Wildman–Crippen LogP) is 4.37. The van der Waals surface area contributed by atoms with Crippen LogP contribution in [0.25, 0.3) is 0 Å². The Hall–Kier alpha value is -1.27. The third kappa shape index (κ3) is 4.11. The molecule has 0 saturated heterocycles. The zero-order valence-electron chi connectivity index (χ0n) is 12.5. The van der Waals surface area contributed by atoms with Gasteiger partial charge >= 0.3 is 0 Å². The lowest BCUT2D eigenvalue weighted by Crippen LogP contribution is -2.21. The normalized spacial score (nSPS) is 10.5. The molecule has 0 aliphatic rings. The number of ether oxygens (including phenoxy) is 1. The molecule has 0 unspecified atom stereocenters. The van der Waals surface area contributed by atoms with Crippen molar-refractivity contribution >= 4 is 38.1 Å². The monoisotopic (exact) mass is 369 g/mol. The molecule has 0 aliphatic heterocycles. The van der Waals surface area contributed by atoms with E-state index in [9.17, 15) is 0 Å². The minimum atomic E-state index is 0.776. The van der Waals surface area contributed by atoms with Gasteiger partial charge in [0.05, 0.1) is 18.1 Å². The molecule has 2 aromatic rings. The van der Waals surface area contributed by atoms with E-state index >= 15 is 0 Å². The number of thiazole rings is 1. The Morgan fingerprint density at radius 3 is 2.71 bits per heavy atom. The first-order chi connectivity index (χ1) is 10.2. The van der Waals surface area contributed by atoms with E-state index in [4.69, 9.17) is 4.74 Å². The van der Waals surface area contributed by atoms with Crippen LogP contribution >= 0.6 is 27.3 Å². The first kappa shape index (κ1) is 16.1. The van der Waals surface area contributed by atoms with Crippen LogP contribution in [0, 0.1) is 0 Å². The Morgan fingerprint density at radius 2 is 2.10 bits per heavy atom. The highest BCUT2D eigenvalue weighted by Gasteiger charge is 2.08. The van der Waals surface area contributed by atoms with Crippen molar-refractivity contribution in [3.05, 3.63) is 33.7 Å². The van der Waals surface area contributed by atoms with Gasteiger partial charge in [-0.25, -0.2) is 4.98 Å². The summed E-state index contributed by atoms with van der Waals surface area (Å²) >= 11 is 5.23. The molecule has 21 heavy (non-hydrogen) atoms. The highest BCUT2D eigenvalue weighted by molar-refractivity contribution is 9.10. The molecule has 6 heteroatoms. The molecule has 0 amide bonds. The molecule has 1 N–H and O–H groups in total. The standard InChI is InChI=1S/C15H20BrN3OS/c1-4-19(5-2)15-18-10-12(21-15)9-17-11-6-7-14(20-3)13(16)8-11/h6-8,10,17H,4-5,9H2,1-3H3. The van der Waals surface area contributed by atoms with Crippen LogP contribution in [0.15, 0.2) is 28.9 Å². The third-order valence-corrected chi connectivity index (χ3v) is 4.87. The van der Waals surface area contributed by atoms with Gasteiger partial charge < -0.3 is 15.0 Å². The van der Waals surface area contributed by atoms with Crippen LogP contribution in [0.2, 0.25) is 0 Å². The molecule has 1 aromatic heterocycles. The van der Waals surface area contributed by atoms with E-state index < -0.39 is 0 Å². The fourth-order valence-corrected chi connectivity index (χ4v) is 3.50. The van der Waals surface area contributed by atoms with E-state index in [0.29, 0.717) is 0 Å². The number of aromatic nitrogens is 1.